The molecule has 0 aromatic heterocycles. The molecule has 0 saturated heterocycles. The van der Waals surface area contributed by atoms with Gasteiger partial charge in [0.05, 0.1) is 18.7 Å². The average Bonchev–Trinajstić information content (AvgIpc) is 2.46. The van der Waals surface area contributed by atoms with Gasteiger partial charge in [0.1, 0.15) is 5.75 Å². The van der Waals surface area contributed by atoms with E-state index in [1.165, 1.54) is 0 Å². The van der Waals surface area contributed by atoms with Crippen molar-refractivity contribution in [2.45, 2.75) is 13.0 Å². The zero-order chi connectivity index (χ0) is 15.4. The van der Waals surface area contributed by atoms with Gasteiger partial charge in [-0.3, -0.25) is 4.79 Å². The maximum Gasteiger partial charge on any atom is 0.253 e. The van der Waals surface area contributed by atoms with Crippen LogP contribution in [-0.2, 0) is 0 Å². The van der Waals surface area contributed by atoms with Crippen molar-refractivity contribution in [2.75, 3.05) is 12.8 Å². The van der Waals surface area contributed by atoms with Gasteiger partial charge in [0.2, 0.25) is 0 Å². The predicted octanol–water partition coefficient (Wildman–Crippen LogP) is 3.53. The largest absolute Gasteiger partial charge is 0.496 e. The Morgan fingerprint density at radius 3 is 2.67 bits per heavy atom. The number of ether oxygens (including phenoxy) is 1. The number of nitrogens with one attached hydrogen (secondary N) is 1. The molecule has 0 saturated carbocycles. The van der Waals surface area contributed by atoms with Gasteiger partial charge in [-0.05, 0) is 31.2 Å². The minimum absolute atomic E-state index is 0.184. The van der Waals surface area contributed by atoms with E-state index in [0.29, 0.717) is 11.3 Å². The Kier molecular flexibility index (Phi) is 4.85. The summed E-state index contributed by atoms with van der Waals surface area (Å²) in [4.78, 5) is 12.3. The van der Waals surface area contributed by atoms with Crippen LogP contribution in [0.15, 0.2) is 46.9 Å². The first-order valence-corrected chi connectivity index (χ1v) is 7.31. The van der Waals surface area contributed by atoms with Crippen LogP contribution in [0.5, 0.6) is 5.75 Å². The van der Waals surface area contributed by atoms with Gasteiger partial charge in [-0.1, -0.05) is 34.1 Å². The molecular formula is C16H17BrN2O2. The van der Waals surface area contributed by atoms with E-state index >= 15 is 0 Å². The molecule has 0 spiro atoms. The van der Waals surface area contributed by atoms with Crippen LogP contribution in [0.2, 0.25) is 0 Å². The summed E-state index contributed by atoms with van der Waals surface area (Å²) in [6.07, 6.45) is 0. The highest BCUT2D eigenvalue weighted by molar-refractivity contribution is 9.10. The standard InChI is InChI=1S/C16H17BrN2O2/c1-10(12-5-3-4-6-15(12)21-2)19-16(20)13-8-7-11(17)9-14(13)18/h3-10H,18H2,1-2H3,(H,19,20). The third kappa shape index (κ3) is 3.55. The van der Waals surface area contributed by atoms with Crippen molar-refractivity contribution >= 4 is 27.5 Å². The minimum atomic E-state index is -0.210. The molecule has 0 heterocycles. The Bertz CT molecular complexity index is 658. The molecule has 2 rings (SSSR count). The van der Waals surface area contributed by atoms with E-state index in [1.54, 1.807) is 25.3 Å². The molecule has 0 fully saturated rings. The molecular weight excluding hydrogens is 332 g/mol. The number of benzene rings is 2. The van der Waals surface area contributed by atoms with Crippen molar-refractivity contribution < 1.29 is 9.53 Å². The fraction of sp³-hybridized carbons (Fsp3) is 0.188. The number of anilines is 1. The lowest BCUT2D eigenvalue weighted by molar-refractivity contribution is 0.0940. The second kappa shape index (κ2) is 6.63. The summed E-state index contributed by atoms with van der Waals surface area (Å²) in [7, 11) is 1.61. The summed E-state index contributed by atoms with van der Waals surface area (Å²) in [5.74, 6) is 0.535. The Hall–Kier alpha value is -2.01. The van der Waals surface area contributed by atoms with E-state index < -0.39 is 0 Å². The van der Waals surface area contributed by atoms with Crippen LogP contribution in [0, 0.1) is 0 Å². The molecule has 4 nitrogen and oxygen atoms in total. The first kappa shape index (κ1) is 15.4. The molecule has 0 aliphatic heterocycles. The van der Waals surface area contributed by atoms with E-state index in [2.05, 4.69) is 21.2 Å². The topological polar surface area (TPSA) is 64.3 Å². The number of hydrogen-bond donors (Lipinski definition) is 2. The lowest BCUT2D eigenvalue weighted by Gasteiger charge is -2.17. The molecule has 2 aromatic rings. The van der Waals surface area contributed by atoms with Gasteiger partial charge < -0.3 is 15.8 Å². The highest BCUT2D eigenvalue weighted by atomic mass is 79.9. The fourth-order valence-corrected chi connectivity index (χ4v) is 2.50. The molecule has 1 unspecified atom stereocenters. The molecule has 0 aliphatic rings. The number of nitrogen functional groups attached to an aromatic ring is 1. The zero-order valence-electron chi connectivity index (χ0n) is 11.9. The van der Waals surface area contributed by atoms with E-state index in [1.807, 2.05) is 31.2 Å². The molecule has 0 aliphatic carbocycles. The molecule has 3 N–H and O–H groups in total. The van der Waals surface area contributed by atoms with Crippen LogP contribution >= 0.6 is 15.9 Å². The smallest absolute Gasteiger partial charge is 0.253 e. The van der Waals surface area contributed by atoms with Crippen molar-refractivity contribution in [2.24, 2.45) is 0 Å². The summed E-state index contributed by atoms with van der Waals surface area (Å²) in [6.45, 7) is 1.91. The number of halogens is 1. The SMILES string of the molecule is COc1ccccc1C(C)NC(=O)c1ccc(Br)cc1N. The van der Waals surface area contributed by atoms with Gasteiger partial charge in [-0.2, -0.15) is 0 Å². The number of rotatable bonds is 4. The van der Waals surface area contributed by atoms with Crippen LogP contribution in [0.4, 0.5) is 5.69 Å². The first-order valence-electron chi connectivity index (χ1n) is 6.51. The quantitative estimate of drug-likeness (QED) is 0.830. The van der Waals surface area contributed by atoms with Crippen molar-refractivity contribution in [3.63, 3.8) is 0 Å². The Morgan fingerprint density at radius 2 is 2.00 bits per heavy atom. The highest BCUT2D eigenvalue weighted by Gasteiger charge is 2.16. The number of carbonyl (C=O) groups excluding carboxylic acids is 1. The number of carbonyl (C=O) groups is 1. The molecule has 1 atom stereocenters. The van der Waals surface area contributed by atoms with E-state index in [4.69, 9.17) is 10.5 Å². The monoisotopic (exact) mass is 348 g/mol. The Labute approximate surface area is 132 Å². The maximum absolute atomic E-state index is 12.3. The van der Waals surface area contributed by atoms with Gasteiger partial charge in [-0.15, -0.1) is 0 Å². The third-order valence-electron chi connectivity index (χ3n) is 3.21. The van der Waals surface area contributed by atoms with Gasteiger partial charge in [0.25, 0.3) is 5.91 Å². The van der Waals surface area contributed by atoms with Crippen molar-refractivity contribution in [1.82, 2.24) is 5.32 Å². The molecule has 110 valence electrons. The van der Waals surface area contributed by atoms with Crippen molar-refractivity contribution in [3.05, 3.63) is 58.1 Å². The molecule has 5 heteroatoms. The minimum Gasteiger partial charge on any atom is -0.496 e. The zero-order valence-corrected chi connectivity index (χ0v) is 13.5. The maximum atomic E-state index is 12.3. The van der Waals surface area contributed by atoms with Gasteiger partial charge in [0, 0.05) is 15.7 Å². The predicted molar refractivity (Wildman–Crippen MR) is 87.4 cm³/mol. The summed E-state index contributed by atoms with van der Waals surface area (Å²) in [5.41, 5.74) is 7.69. The number of hydrogen-bond acceptors (Lipinski definition) is 3. The lowest BCUT2D eigenvalue weighted by atomic mass is 10.1. The van der Waals surface area contributed by atoms with E-state index in [0.717, 1.165) is 15.8 Å². The highest BCUT2D eigenvalue weighted by Crippen LogP contribution is 2.25. The van der Waals surface area contributed by atoms with Crippen LogP contribution in [0.25, 0.3) is 0 Å². The summed E-state index contributed by atoms with van der Waals surface area (Å²) in [6, 6.07) is 12.6. The molecule has 0 radical (unpaired) electrons. The van der Waals surface area contributed by atoms with Gasteiger partial charge in [0.15, 0.2) is 0 Å². The molecule has 2 aromatic carbocycles. The molecule has 0 bridgehead atoms. The Morgan fingerprint density at radius 1 is 1.29 bits per heavy atom. The lowest BCUT2D eigenvalue weighted by Crippen LogP contribution is -2.27. The number of para-hydroxylation sites is 1. The molecule has 21 heavy (non-hydrogen) atoms. The van der Waals surface area contributed by atoms with Crippen LogP contribution in [-0.4, -0.2) is 13.0 Å². The number of nitrogens with two attached hydrogens (primary N) is 1. The summed E-state index contributed by atoms with van der Waals surface area (Å²) >= 11 is 3.32. The number of amides is 1. The second-order valence-electron chi connectivity index (χ2n) is 4.67. The summed E-state index contributed by atoms with van der Waals surface area (Å²) in [5, 5.41) is 2.93. The number of methoxy groups -OCH3 is 1. The van der Waals surface area contributed by atoms with Gasteiger partial charge in [-0.25, -0.2) is 0 Å². The van der Waals surface area contributed by atoms with Crippen LogP contribution in [0.3, 0.4) is 0 Å². The molecule has 1 amide bonds. The second-order valence-corrected chi connectivity index (χ2v) is 5.58. The fourth-order valence-electron chi connectivity index (χ4n) is 2.12. The Balaban J connectivity index is 2.19. The van der Waals surface area contributed by atoms with Crippen LogP contribution < -0.4 is 15.8 Å². The van der Waals surface area contributed by atoms with Crippen LogP contribution in [0.1, 0.15) is 28.9 Å². The normalized spacial score (nSPS) is 11.8. The van der Waals surface area contributed by atoms with Crippen molar-refractivity contribution in [1.29, 1.82) is 0 Å². The average molecular weight is 349 g/mol. The van der Waals surface area contributed by atoms with Crippen molar-refractivity contribution in [3.8, 4) is 5.75 Å². The van der Waals surface area contributed by atoms with E-state index in [9.17, 15) is 4.79 Å². The van der Waals surface area contributed by atoms with E-state index in [-0.39, 0.29) is 11.9 Å². The van der Waals surface area contributed by atoms with Gasteiger partial charge >= 0.3 is 0 Å². The third-order valence-corrected chi connectivity index (χ3v) is 3.70. The first-order chi connectivity index (χ1) is 10.0. The summed E-state index contributed by atoms with van der Waals surface area (Å²) < 4.78 is 6.15.